The van der Waals surface area contributed by atoms with Crippen LogP contribution in [0.25, 0.3) is 0 Å². The van der Waals surface area contributed by atoms with Crippen molar-refractivity contribution in [1.29, 1.82) is 0 Å². The average molecular weight is 230 g/mol. The van der Waals surface area contributed by atoms with E-state index in [0.29, 0.717) is 6.04 Å². The summed E-state index contributed by atoms with van der Waals surface area (Å²) in [6.07, 6.45) is 3.84. The van der Waals surface area contributed by atoms with E-state index in [4.69, 9.17) is 5.73 Å². The molecule has 1 rings (SSSR count). The fourth-order valence-corrected chi connectivity index (χ4v) is 3.98. The summed E-state index contributed by atoms with van der Waals surface area (Å²) >= 11 is 2.08. The molecule has 1 fully saturated rings. The van der Waals surface area contributed by atoms with Gasteiger partial charge in [-0.3, -0.25) is 4.90 Å². The van der Waals surface area contributed by atoms with Crippen molar-refractivity contribution < 1.29 is 0 Å². The third kappa shape index (κ3) is 2.89. The summed E-state index contributed by atoms with van der Waals surface area (Å²) in [5, 5.41) is 0. The van der Waals surface area contributed by atoms with Crippen LogP contribution in [-0.2, 0) is 0 Å². The van der Waals surface area contributed by atoms with E-state index in [0.717, 1.165) is 13.1 Å². The van der Waals surface area contributed by atoms with Gasteiger partial charge < -0.3 is 5.73 Å². The third-order valence-corrected chi connectivity index (χ3v) is 5.07. The minimum Gasteiger partial charge on any atom is -0.329 e. The lowest BCUT2D eigenvalue weighted by atomic mass is 9.91. The Balaban J connectivity index is 2.75. The number of likely N-dealkylation sites (N-methyl/N-ethyl adjacent to an activating group) is 1. The van der Waals surface area contributed by atoms with Crippen LogP contribution in [0.2, 0.25) is 0 Å². The van der Waals surface area contributed by atoms with Crippen molar-refractivity contribution in [2.24, 2.45) is 5.73 Å². The van der Waals surface area contributed by atoms with Gasteiger partial charge in [-0.1, -0.05) is 13.8 Å². The van der Waals surface area contributed by atoms with Crippen molar-refractivity contribution in [3.05, 3.63) is 0 Å². The van der Waals surface area contributed by atoms with E-state index in [1.54, 1.807) is 0 Å². The molecule has 90 valence electrons. The largest absolute Gasteiger partial charge is 0.329 e. The lowest BCUT2D eigenvalue weighted by Gasteiger charge is -2.48. The van der Waals surface area contributed by atoms with Crippen LogP contribution in [-0.4, -0.2) is 41.1 Å². The molecule has 1 aliphatic rings. The van der Waals surface area contributed by atoms with Crippen LogP contribution in [0.4, 0.5) is 0 Å². The van der Waals surface area contributed by atoms with Gasteiger partial charge in [-0.05, 0) is 38.5 Å². The number of nitrogens with zero attached hydrogens (tertiary/aromatic N) is 1. The van der Waals surface area contributed by atoms with Gasteiger partial charge in [0.05, 0.1) is 0 Å². The first kappa shape index (κ1) is 13.3. The number of hydrogen-bond donors (Lipinski definition) is 1. The molecule has 0 aromatic heterocycles. The second kappa shape index (κ2) is 6.12. The summed E-state index contributed by atoms with van der Waals surface area (Å²) in [6, 6.07) is 0.664. The van der Waals surface area contributed by atoms with Crippen LogP contribution >= 0.6 is 11.8 Å². The van der Waals surface area contributed by atoms with Crippen molar-refractivity contribution in [3.8, 4) is 0 Å². The van der Waals surface area contributed by atoms with E-state index in [1.807, 2.05) is 0 Å². The van der Waals surface area contributed by atoms with Crippen molar-refractivity contribution in [3.63, 3.8) is 0 Å². The minimum absolute atomic E-state index is 0.285. The van der Waals surface area contributed by atoms with Crippen LogP contribution in [0.3, 0.4) is 0 Å². The summed E-state index contributed by atoms with van der Waals surface area (Å²) in [6.45, 7) is 8.82. The SMILES string of the molecule is CCC(C)N(CC)C1(CN)CCCSC1. The number of nitrogens with two attached hydrogens (primary N) is 1. The molecule has 1 saturated heterocycles. The van der Waals surface area contributed by atoms with Gasteiger partial charge in [0, 0.05) is 23.9 Å². The number of hydrogen-bond acceptors (Lipinski definition) is 3. The molecule has 0 bridgehead atoms. The van der Waals surface area contributed by atoms with E-state index in [2.05, 4.69) is 37.4 Å². The fraction of sp³-hybridized carbons (Fsp3) is 1.00. The van der Waals surface area contributed by atoms with Gasteiger partial charge in [-0.15, -0.1) is 0 Å². The molecule has 3 heteroatoms. The van der Waals surface area contributed by atoms with Crippen molar-refractivity contribution in [1.82, 2.24) is 4.90 Å². The van der Waals surface area contributed by atoms with Crippen LogP contribution in [0.1, 0.15) is 40.0 Å². The lowest BCUT2D eigenvalue weighted by Crippen LogP contribution is -2.59. The average Bonchev–Trinajstić information content (AvgIpc) is 2.30. The molecule has 15 heavy (non-hydrogen) atoms. The maximum absolute atomic E-state index is 6.05. The molecule has 0 spiro atoms. The van der Waals surface area contributed by atoms with E-state index >= 15 is 0 Å². The molecule has 0 radical (unpaired) electrons. The second-order valence-corrected chi connectivity index (χ2v) is 5.73. The fourth-order valence-electron chi connectivity index (χ4n) is 2.68. The van der Waals surface area contributed by atoms with Gasteiger partial charge in [-0.25, -0.2) is 0 Å². The van der Waals surface area contributed by atoms with Crippen molar-refractivity contribution >= 4 is 11.8 Å². The lowest BCUT2D eigenvalue weighted by molar-refractivity contribution is 0.0663. The standard InChI is InChI=1S/C12H26N2S/c1-4-11(3)14(5-2)12(9-13)7-6-8-15-10-12/h11H,4-10,13H2,1-3H3. The molecule has 2 atom stereocenters. The number of rotatable bonds is 5. The van der Waals surface area contributed by atoms with Gasteiger partial charge in [0.1, 0.15) is 0 Å². The summed E-state index contributed by atoms with van der Waals surface area (Å²) in [5.74, 6) is 2.54. The summed E-state index contributed by atoms with van der Waals surface area (Å²) in [5.41, 5.74) is 6.34. The topological polar surface area (TPSA) is 29.3 Å². The van der Waals surface area contributed by atoms with E-state index in [9.17, 15) is 0 Å². The van der Waals surface area contributed by atoms with Gasteiger partial charge in [0.25, 0.3) is 0 Å². The van der Waals surface area contributed by atoms with E-state index in [-0.39, 0.29) is 5.54 Å². The van der Waals surface area contributed by atoms with Crippen molar-refractivity contribution in [2.45, 2.75) is 51.6 Å². The molecule has 0 amide bonds. The third-order valence-electron chi connectivity index (χ3n) is 3.75. The predicted octanol–water partition coefficient (Wildman–Crippen LogP) is 2.33. The summed E-state index contributed by atoms with van der Waals surface area (Å²) in [7, 11) is 0. The van der Waals surface area contributed by atoms with Crippen molar-refractivity contribution in [2.75, 3.05) is 24.6 Å². The Morgan fingerprint density at radius 2 is 2.20 bits per heavy atom. The van der Waals surface area contributed by atoms with Crippen LogP contribution < -0.4 is 5.73 Å². The quantitative estimate of drug-likeness (QED) is 0.786. The van der Waals surface area contributed by atoms with Gasteiger partial charge >= 0.3 is 0 Å². The Labute approximate surface area is 99.0 Å². The van der Waals surface area contributed by atoms with Gasteiger partial charge in [0.15, 0.2) is 0 Å². The zero-order valence-corrected chi connectivity index (χ0v) is 11.3. The Morgan fingerprint density at radius 3 is 2.60 bits per heavy atom. The highest BCUT2D eigenvalue weighted by Gasteiger charge is 2.38. The monoisotopic (exact) mass is 230 g/mol. The molecule has 2 unspecified atom stereocenters. The molecular weight excluding hydrogens is 204 g/mol. The highest BCUT2D eigenvalue weighted by Crippen LogP contribution is 2.33. The molecule has 1 aliphatic heterocycles. The Morgan fingerprint density at radius 1 is 1.47 bits per heavy atom. The molecule has 2 nitrogen and oxygen atoms in total. The minimum atomic E-state index is 0.285. The normalized spacial score (nSPS) is 29.4. The zero-order valence-electron chi connectivity index (χ0n) is 10.5. The second-order valence-electron chi connectivity index (χ2n) is 4.63. The molecule has 0 aromatic rings. The first-order valence-corrected chi connectivity index (χ1v) is 7.40. The maximum Gasteiger partial charge on any atom is 0.0424 e. The maximum atomic E-state index is 6.05. The Kier molecular flexibility index (Phi) is 5.44. The Bertz CT molecular complexity index is 178. The highest BCUT2D eigenvalue weighted by molar-refractivity contribution is 7.99. The first-order chi connectivity index (χ1) is 7.20. The summed E-state index contributed by atoms with van der Waals surface area (Å²) < 4.78 is 0. The van der Waals surface area contributed by atoms with Gasteiger partial charge in [0.2, 0.25) is 0 Å². The van der Waals surface area contributed by atoms with E-state index < -0.39 is 0 Å². The van der Waals surface area contributed by atoms with Crippen LogP contribution in [0.15, 0.2) is 0 Å². The molecule has 0 saturated carbocycles. The molecule has 0 aliphatic carbocycles. The molecule has 0 aromatic carbocycles. The Hall–Kier alpha value is 0.270. The van der Waals surface area contributed by atoms with Gasteiger partial charge in [-0.2, -0.15) is 11.8 Å². The molecule has 1 heterocycles. The smallest absolute Gasteiger partial charge is 0.0424 e. The molecular formula is C12H26N2S. The first-order valence-electron chi connectivity index (χ1n) is 6.24. The van der Waals surface area contributed by atoms with Crippen LogP contribution in [0.5, 0.6) is 0 Å². The van der Waals surface area contributed by atoms with Crippen LogP contribution in [0, 0.1) is 0 Å². The highest BCUT2D eigenvalue weighted by atomic mass is 32.2. The number of thioether (sulfide) groups is 1. The predicted molar refractivity (Wildman–Crippen MR) is 70.5 cm³/mol. The molecule has 2 N–H and O–H groups in total. The zero-order chi connectivity index (χ0) is 11.3. The van der Waals surface area contributed by atoms with E-state index in [1.165, 1.54) is 30.8 Å². The summed E-state index contributed by atoms with van der Waals surface area (Å²) in [4.78, 5) is 2.64.